The fourth-order valence-electron chi connectivity index (χ4n) is 3.53. The van der Waals surface area contributed by atoms with E-state index in [1.807, 2.05) is 12.1 Å². The summed E-state index contributed by atoms with van der Waals surface area (Å²) >= 11 is 0. The van der Waals surface area contributed by atoms with E-state index in [0.29, 0.717) is 11.8 Å². The molecule has 1 fully saturated rings. The molecule has 0 spiro atoms. The minimum atomic E-state index is 0.480. The van der Waals surface area contributed by atoms with Gasteiger partial charge in [0.25, 0.3) is 0 Å². The van der Waals surface area contributed by atoms with Crippen LogP contribution in [-0.2, 0) is 6.42 Å². The lowest BCUT2D eigenvalue weighted by atomic mass is 10.1. The molecular formula is C16H24N2O. The summed E-state index contributed by atoms with van der Waals surface area (Å²) in [6, 6.07) is 6.45. The van der Waals surface area contributed by atoms with Crippen molar-refractivity contribution in [2.75, 3.05) is 33.2 Å². The highest BCUT2D eigenvalue weighted by molar-refractivity contribution is 5.44. The summed E-state index contributed by atoms with van der Waals surface area (Å²) in [6.07, 6.45) is 4.89. The van der Waals surface area contributed by atoms with E-state index >= 15 is 0 Å². The minimum absolute atomic E-state index is 0.480. The number of phenols is 1. The first-order chi connectivity index (χ1) is 9.25. The molecule has 0 amide bonds. The zero-order valence-electron chi connectivity index (χ0n) is 11.8. The summed E-state index contributed by atoms with van der Waals surface area (Å²) < 4.78 is 0. The van der Waals surface area contributed by atoms with Gasteiger partial charge in [0.05, 0.1) is 0 Å². The summed E-state index contributed by atoms with van der Waals surface area (Å²) in [4.78, 5) is 5.03. The Balaban J connectivity index is 1.62. The van der Waals surface area contributed by atoms with Crippen LogP contribution in [0.1, 0.15) is 36.4 Å². The zero-order valence-corrected chi connectivity index (χ0v) is 11.8. The van der Waals surface area contributed by atoms with E-state index in [1.54, 1.807) is 0 Å². The van der Waals surface area contributed by atoms with Gasteiger partial charge >= 0.3 is 0 Å². The largest absolute Gasteiger partial charge is 0.508 e. The number of aromatic hydroxyl groups is 1. The van der Waals surface area contributed by atoms with E-state index in [4.69, 9.17) is 0 Å². The molecule has 1 aliphatic heterocycles. The van der Waals surface area contributed by atoms with Gasteiger partial charge < -0.3 is 10.0 Å². The van der Waals surface area contributed by atoms with Gasteiger partial charge in [0.1, 0.15) is 5.75 Å². The molecule has 0 saturated carbocycles. The Morgan fingerprint density at radius 3 is 2.89 bits per heavy atom. The number of hydrogen-bond donors (Lipinski definition) is 1. The van der Waals surface area contributed by atoms with Crippen LogP contribution < -0.4 is 0 Å². The van der Waals surface area contributed by atoms with Gasteiger partial charge in [-0.25, -0.2) is 0 Å². The van der Waals surface area contributed by atoms with Crippen LogP contribution in [0.2, 0.25) is 0 Å². The molecular weight excluding hydrogens is 236 g/mol. The lowest BCUT2D eigenvalue weighted by Gasteiger charge is -2.27. The van der Waals surface area contributed by atoms with E-state index in [9.17, 15) is 5.11 Å². The monoisotopic (exact) mass is 260 g/mol. The summed E-state index contributed by atoms with van der Waals surface area (Å²) in [6.45, 7) is 4.85. The van der Waals surface area contributed by atoms with Gasteiger partial charge in [0.15, 0.2) is 0 Å². The molecule has 19 heavy (non-hydrogen) atoms. The predicted molar refractivity (Wildman–Crippen MR) is 77.5 cm³/mol. The van der Waals surface area contributed by atoms with Crippen molar-refractivity contribution in [2.24, 2.45) is 0 Å². The third-order valence-corrected chi connectivity index (χ3v) is 4.71. The molecule has 1 atom stereocenters. The molecule has 1 aromatic rings. The van der Waals surface area contributed by atoms with Gasteiger partial charge in [0.2, 0.25) is 0 Å². The van der Waals surface area contributed by atoms with Crippen LogP contribution >= 0.6 is 0 Å². The lowest BCUT2D eigenvalue weighted by molar-refractivity contribution is 0.205. The van der Waals surface area contributed by atoms with Crippen LogP contribution in [0.15, 0.2) is 18.2 Å². The van der Waals surface area contributed by atoms with E-state index < -0.39 is 0 Å². The molecule has 1 saturated heterocycles. The lowest BCUT2D eigenvalue weighted by Crippen LogP contribution is -2.33. The molecule has 0 bridgehead atoms. The fourth-order valence-corrected chi connectivity index (χ4v) is 3.53. The number of fused-ring (bicyclic) bond motifs is 1. The molecule has 2 aliphatic rings. The van der Waals surface area contributed by atoms with Gasteiger partial charge in [-0.05, 0) is 63.0 Å². The van der Waals surface area contributed by atoms with Crippen molar-refractivity contribution in [3.8, 4) is 5.75 Å². The number of likely N-dealkylation sites (tertiary alicyclic amines) is 1. The van der Waals surface area contributed by atoms with E-state index in [2.05, 4.69) is 22.9 Å². The Hall–Kier alpha value is -1.06. The number of nitrogens with zero attached hydrogens (tertiary/aromatic N) is 2. The molecule has 0 radical (unpaired) electrons. The van der Waals surface area contributed by atoms with Crippen molar-refractivity contribution in [2.45, 2.75) is 31.7 Å². The maximum absolute atomic E-state index is 9.91. The second kappa shape index (κ2) is 5.51. The van der Waals surface area contributed by atoms with Crippen LogP contribution in [-0.4, -0.2) is 48.1 Å². The Morgan fingerprint density at radius 2 is 2.11 bits per heavy atom. The molecule has 1 unspecified atom stereocenters. The predicted octanol–water partition coefficient (Wildman–Crippen LogP) is 2.41. The number of likely N-dealkylation sites (N-methyl/N-ethyl adjacent to an activating group) is 1. The first-order valence-electron chi connectivity index (χ1n) is 7.49. The van der Waals surface area contributed by atoms with Crippen molar-refractivity contribution in [3.63, 3.8) is 0 Å². The number of phenolic OH excluding ortho intramolecular Hbond substituents is 1. The van der Waals surface area contributed by atoms with E-state index in [0.717, 1.165) is 19.4 Å². The maximum atomic E-state index is 9.91. The quantitative estimate of drug-likeness (QED) is 0.900. The summed E-state index contributed by atoms with van der Waals surface area (Å²) in [5.74, 6) is 0.480. The average molecular weight is 260 g/mol. The highest BCUT2D eigenvalue weighted by atomic mass is 16.3. The second-order valence-electron chi connectivity index (χ2n) is 5.93. The zero-order chi connectivity index (χ0) is 13.2. The normalized spacial score (nSPS) is 23.2. The van der Waals surface area contributed by atoms with Gasteiger partial charge in [-0.1, -0.05) is 12.1 Å². The van der Waals surface area contributed by atoms with Crippen molar-refractivity contribution < 1.29 is 5.11 Å². The Morgan fingerprint density at radius 1 is 1.32 bits per heavy atom. The fraction of sp³-hybridized carbons (Fsp3) is 0.625. The van der Waals surface area contributed by atoms with Gasteiger partial charge in [-0.2, -0.15) is 0 Å². The first kappa shape index (κ1) is 12.9. The summed E-state index contributed by atoms with van der Waals surface area (Å²) in [5, 5.41) is 9.91. The average Bonchev–Trinajstić information content (AvgIpc) is 3.06. The molecule has 104 valence electrons. The topological polar surface area (TPSA) is 26.7 Å². The number of benzene rings is 1. The summed E-state index contributed by atoms with van der Waals surface area (Å²) in [5.41, 5.74) is 2.50. The van der Waals surface area contributed by atoms with Crippen molar-refractivity contribution in [1.82, 2.24) is 9.80 Å². The SMILES string of the molecule is CN(CCN1CCCC1)C1CCc2c(O)cccc21. The third-order valence-electron chi connectivity index (χ3n) is 4.71. The second-order valence-corrected chi connectivity index (χ2v) is 5.93. The van der Waals surface area contributed by atoms with Gasteiger partial charge in [0, 0.05) is 19.1 Å². The van der Waals surface area contributed by atoms with Crippen LogP contribution in [0, 0.1) is 0 Å². The first-order valence-corrected chi connectivity index (χ1v) is 7.49. The third kappa shape index (κ3) is 2.63. The molecule has 3 rings (SSSR count). The Kier molecular flexibility index (Phi) is 3.76. The van der Waals surface area contributed by atoms with Crippen molar-refractivity contribution in [3.05, 3.63) is 29.3 Å². The van der Waals surface area contributed by atoms with Crippen LogP contribution in [0.5, 0.6) is 5.75 Å². The smallest absolute Gasteiger partial charge is 0.119 e. The molecule has 3 nitrogen and oxygen atoms in total. The Labute approximate surface area is 115 Å². The molecule has 3 heteroatoms. The molecule has 1 N–H and O–H groups in total. The highest BCUT2D eigenvalue weighted by Crippen LogP contribution is 2.39. The number of rotatable bonds is 4. The summed E-state index contributed by atoms with van der Waals surface area (Å²) in [7, 11) is 2.22. The van der Waals surface area contributed by atoms with E-state index in [-0.39, 0.29) is 0 Å². The van der Waals surface area contributed by atoms with Crippen molar-refractivity contribution >= 4 is 0 Å². The standard InChI is InChI=1S/C16H24N2O/c1-17(11-12-18-9-2-3-10-18)15-8-7-14-13(15)5-4-6-16(14)19/h4-6,15,19H,2-3,7-12H2,1H3. The van der Waals surface area contributed by atoms with Gasteiger partial charge in [-0.3, -0.25) is 4.90 Å². The van der Waals surface area contributed by atoms with Crippen LogP contribution in [0.3, 0.4) is 0 Å². The van der Waals surface area contributed by atoms with E-state index in [1.165, 1.54) is 43.6 Å². The minimum Gasteiger partial charge on any atom is -0.508 e. The number of hydrogen-bond acceptors (Lipinski definition) is 3. The maximum Gasteiger partial charge on any atom is 0.119 e. The molecule has 1 heterocycles. The molecule has 1 aromatic carbocycles. The Bertz CT molecular complexity index is 440. The van der Waals surface area contributed by atoms with Crippen molar-refractivity contribution in [1.29, 1.82) is 0 Å². The van der Waals surface area contributed by atoms with Gasteiger partial charge in [-0.15, -0.1) is 0 Å². The van der Waals surface area contributed by atoms with Crippen LogP contribution in [0.25, 0.3) is 0 Å². The highest BCUT2D eigenvalue weighted by Gasteiger charge is 2.27. The molecule has 0 aromatic heterocycles. The molecule has 1 aliphatic carbocycles. The van der Waals surface area contributed by atoms with Crippen LogP contribution in [0.4, 0.5) is 0 Å².